The number of nitro groups is 1. The fourth-order valence-electron chi connectivity index (χ4n) is 2.54. The Balaban J connectivity index is 2.80. The zero-order valence-electron chi connectivity index (χ0n) is 13.0. The van der Waals surface area contributed by atoms with E-state index in [4.69, 9.17) is 0 Å². The largest absolute Gasteiger partial charge is 0.508 e. The van der Waals surface area contributed by atoms with Crippen molar-refractivity contribution < 1.29 is 15.2 Å². The molecule has 0 fully saturated rings. The van der Waals surface area contributed by atoms with E-state index in [1.54, 1.807) is 5.48 Å². The molecule has 0 amide bonds. The molecule has 10 nitrogen and oxygen atoms in total. The molecule has 1 atom stereocenters. The molecule has 10 heteroatoms. The van der Waals surface area contributed by atoms with E-state index in [0.717, 1.165) is 9.13 Å². The maximum absolute atomic E-state index is 12.5. The number of rotatable bonds is 5. The Hall–Kier alpha value is -3.14. The number of benzene rings is 1. The van der Waals surface area contributed by atoms with Gasteiger partial charge in [-0.15, -0.1) is 0 Å². The zero-order valence-corrected chi connectivity index (χ0v) is 13.0. The van der Waals surface area contributed by atoms with Crippen LogP contribution in [0.15, 0.2) is 33.9 Å². The third-order valence-electron chi connectivity index (χ3n) is 3.78. The Morgan fingerprint density at radius 3 is 2.29 bits per heavy atom. The number of hydrogen-bond acceptors (Lipinski definition) is 7. The molecular weight excluding hydrogens is 320 g/mol. The molecule has 0 radical (unpaired) electrons. The van der Waals surface area contributed by atoms with Crippen LogP contribution in [-0.4, -0.2) is 30.9 Å². The van der Waals surface area contributed by atoms with Crippen molar-refractivity contribution >= 4 is 5.82 Å². The van der Waals surface area contributed by atoms with Crippen molar-refractivity contribution in [3.63, 3.8) is 0 Å². The second-order valence-corrected chi connectivity index (χ2v) is 5.24. The number of hydrogen-bond donors (Lipinski definition) is 3. The average molecular weight is 336 g/mol. The molecule has 0 aliphatic heterocycles. The number of aromatic hydroxyl groups is 1. The molecule has 0 saturated heterocycles. The normalized spacial score (nSPS) is 12.0. The summed E-state index contributed by atoms with van der Waals surface area (Å²) in [6, 6.07) is 5.55. The fourth-order valence-corrected chi connectivity index (χ4v) is 2.54. The molecule has 0 bridgehead atoms. The third-order valence-corrected chi connectivity index (χ3v) is 3.78. The van der Waals surface area contributed by atoms with Gasteiger partial charge in [-0.3, -0.25) is 34.7 Å². The highest BCUT2D eigenvalue weighted by molar-refractivity contribution is 5.48. The Morgan fingerprint density at radius 1 is 1.21 bits per heavy atom. The first kappa shape index (κ1) is 17.2. The van der Waals surface area contributed by atoms with Crippen LogP contribution in [0.5, 0.6) is 5.75 Å². The Labute approximate surface area is 135 Å². The number of nitrogens with zero attached hydrogens (tertiary/aromatic N) is 3. The minimum atomic E-state index is -1.03. The van der Waals surface area contributed by atoms with Gasteiger partial charge in [-0.05, 0) is 17.7 Å². The molecule has 0 saturated carbocycles. The number of phenols is 1. The monoisotopic (exact) mass is 336 g/mol. The first-order valence-corrected chi connectivity index (χ1v) is 6.88. The second kappa shape index (κ2) is 6.54. The van der Waals surface area contributed by atoms with Crippen molar-refractivity contribution in [3.8, 4) is 5.75 Å². The molecule has 2 rings (SSSR count). The van der Waals surface area contributed by atoms with Gasteiger partial charge in [0.2, 0.25) is 6.54 Å². The van der Waals surface area contributed by atoms with E-state index in [0.29, 0.717) is 5.56 Å². The number of aromatic nitrogens is 2. The van der Waals surface area contributed by atoms with Crippen molar-refractivity contribution in [2.45, 2.75) is 5.92 Å². The molecule has 1 aromatic carbocycles. The Bertz CT molecular complexity index is 884. The van der Waals surface area contributed by atoms with Gasteiger partial charge < -0.3 is 5.11 Å². The molecular formula is C14H16N4O6. The van der Waals surface area contributed by atoms with E-state index < -0.39 is 28.6 Å². The zero-order chi connectivity index (χ0) is 18.0. The van der Waals surface area contributed by atoms with Crippen molar-refractivity contribution in [2.24, 2.45) is 14.1 Å². The summed E-state index contributed by atoms with van der Waals surface area (Å²) in [5.74, 6) is -1.28. The SMILES string of the molecule is Cn1c(NO)c(C(C[N+](=O)[O-])c2ccc(O)cc2)c(=O)n(C)c1=O. The van der Waals surface area contributed by atoms with E-state index in [-0.39, 0.29) is 17.1 Å². The van der Waals surface area contributed by atoms with Gasteiger partial charge >= 0.3 is 5.69 Å². The van der Waals surface area contributed by atoms with E-state index >= 15 is 0 Å². The van der Waals surface area contributed by atoms with Gasteiger partial charge in [-0.2, -0.15) is 0 Å². The maximum Gasteiger partial charge on any atom is 0.332 e. The van der Waals surface area contributed by atoms with Gasteiger partial charge in [0.25, 0.3) is 5.56 Å². The molecule has 0 spiro atoms. The van der Waals surface area contributed by atoms with Crippen LogP contribution >= 0.6 is 0 Å². The molecule has 1 unspecified atom stereocenters. The minimum absolute atomic E-state index is 0.0347. The van der Waals surface area contributed by atoms with Gasteiger partial charge in [0.15, 0.2) is 0 Å². The van der Waals surface area contributed by atoms with E-state index in [1.807, 2.05) is 0 Å². The lowest BCUT2D eigenvalue weighted by Gasteiger charge is -2.19. The predicted octanol–water partition coefficient (Wildman–Crippen LogP) is -0.000700. The first-order valence-electron chi connectivity index (χ1n) is 6.88. The van der Waals surface area contributed by atoms with Crippen LogP contribution in [0.25, 0.3) is 0 Å². The summed E-state index contributed by atoms with van der Waals surface area (Å²) in [7, 11) is 2.57. The maximum atomic E-state index is 12.5. The highest BCUT2D eigenvalue weighted by Gasteiger charge is 2.29. The Morgan fingerprint density at radius 2 is 1.79 bits per heavy atom. The van der Waals surface area contributed by atoms with Crippen molar-refractivity contribution in [2.75, 3.05) is 12.0 Å². The lowest BCUT2D eigenvalue weighted by atomic mass is 9.92. The van der Waals surface area contributed by atoms with Crippen LogP contribution in [0.1, 0.15) is 17.0 Å². The molecule has 1 heterocycles. The summed E-state index contributed by atoms with van der Waals surface area (Å²) in [6.45, 7) is -0.632. The fraction of sp³-hybridized carbons (Fsp3) is 0.286. The topological polar surface area (TPSA) is 140 Å². The lowest BCUT2D eigenvalue weighted by Crippen LogP contribution is -2.41. The quantitative estimate of drug-likeness (QED) is 0.515. The van der Waals surface area contributed by atoms with Gasteiger partial charge in [0.05, 0.1) is 11.5 Å². The highest BCUT2D eigenvalue weighted by Crippen LogP contribution is 2.28. The smallest absolute Gasteiger partial charge is 0.332 e. The summed E-state index contributed by atoms with van der Waals surface area (Å²) in [5.41, 5.74) is 0.606. The summed E-state index contributed by atoms with van der Waals surface area (Å²) in [4.78, 5) is 34.9. The number of phenolic OH excluding ortho intramolecular Hbond substituents is 1. The van der Waals surface area contributed by atoms with E-state index in [9.17, 15) is 30.0 Å². The van der Waals surface area contributed by atoms with Crippen molar-refractivity contribution in [3.05, 3.63) is 66.3 Å². The summed E-state index contributed by atoms with van der Waals surface area (Å²) < 4.78 is 1.80. The van der Waals surface area contributed by atoms with Gasteiger partial charge in [0.1, 0.15) is 11.6 Å². The highest BCUT2D eigenvalue weighted by atomic mass is 16.6. The molecule has 3 N–H and O–H groups in total. The van der Waals surface area contributed by atoms with Crippen LogP contribution in [0.4, 0.5) is 5.82 Å². The molecule has 2 aromatic rings. The molecule has 1 aromatic heterocycles. The van der Waals surface area contributed by atoms with Gasteiger partial charge in [-0.25, -0.2) is 4.79 Å². The first-order chi connectivity index (χ1) is 11.3. The Kier molecular flexibility index (Phi) is 4.69. The molecule has 128 valence electrons. The van der Waals surface area contributed by atoms with Gasteiger partial charge in [0, 0.05) is 19.0 Å². The van der Waals surface area contributed by atoms with Crippen LogP contribution in [0.2, 0.25) is 0 Å². The summed E-state index contributed by atoms with van der Waals surface area (Å²) in [5, 5.41) is 29.8. The molecule has 24 heavy (non-hydrogen) atoms. The second-order valence-electron chi connectivity index (χ2n) is 5.24. The molecule has 0 aliphatic rings. The van der Waals surface area contributed by atoms with Gasteiger partial charge in [-0.1, -0.05) is 12.1 Å². The van der Waals surface area contributed by atoms with Crippen molar-refractivity contribution in [1.29, 1.82) is 0 Å². The predicted molar refractivity (Wildman–Crippen MR) is 84.1 cm³/mol. The lowest BCUT2D eigenvalue weighted by molar-refractivity contribution is -0.481. The molecule has 0 aliphatic carbocycles. The average Bonchev–Trinajstić information content (AvgIpc) is 2.55. The van der Waals surface area contributed by atoms with Crippen molar-refractivity contribution in [1.82, 2.24) is 9.13 Å². The van der Waals surface area contributed by atoms with E-state index in [2.05, 4.69) is 0 Å². The number of anilines is 1. The summed E-state index contributed by atoms with van der Waals surface area (Å²) >= 11 is 0. The van der Waals surface area contributed by atoms with Crippen LogP contribution in [-0.2, 0) is 14.1 Å². The van der Waals surface area contributed by atoms with Crippen LogP contribution in [0.3, 0.4) is 0 Å². The van der Waals surface area contributed by atoms with Crippen LogP contribution in [0, 0.1) is 10.1 Å². The third kappa shape index (κ3) is 2.99. The standard InChI is InChI=1S/C14H16N4O6/c1-16-12(15-22)11(13(20)17(2)14(16)21)10(7-18(23)24)8-3-5-9(19)6-4-8/h3-6,10,15,19,22H,7H2,1-2H3. The van der Waals surface area contributed by atoms with Crippen LogP contribution < -0.4 is 16.7 Å². The summed E-state index contributed by atoms with van der Waals surface area (Å²) in [6.07, 6.45) is 0. The minimum Gasteiger partial charge on any atom is -0.508 e. The van der Waals surface area contributed by atoms with E-state index in [1.165, 1.54) is 38.4 Å². The number of nitrogens with one attached hydrogen (secondary N) is 1.